The van der Waals surface area contributed by atoms with Crippen LogP contribution in [0.5, 0.6) is 0 Å². The molecule has 0 bridgehead atoms. The van der Waals surface area contributed by atoms with Gasteiger partial charge in [-0.05, 0) is 85.7 Å². The Morgan fingerprint density at radius 3 is 1.86 bits per heavy atom. The van der Waals surface area contributed by atoms with Crippen molar-refractivity contribution in [3.05, 3.63) is 222 Å². The number of rotatable bonds is 7. The van der Waals surface area contributed by atoms with Gasteiger partial charge in [0.15, 0.2) is 5.84 Å². The fourth-order valence-corrected chi connectivity index (χ4v) is 8.76. The molecule has 7 aromatic rings. The molecular formula is C54H44N2. The van der Waals surface area contributed by atoms with Crippen LogP contribution in [0.3, 0.4) is 0 Å². The Kier molecular flexibility index (Phi) is 9.11. The number of fused-ring (bicyclic) bond motifs is 4. The van der Waals surface area contributed by atoms with Crippen LogP contribution in [0.25, 0.3) is 49.9 Å². The van der Waals surface area contributed by atoms with Gasteiger partial charge in [-0.15, -0.1) is 0 Å². The highest BCUT2D eigenvalue weighted by atomic mass is 14.9. The number of benzene rings is 7. The lowest BCUT2D eigenvalue weighted by molar-refractivity contribution is 0.394. The SMILES string of the molecule is C=C(N=C(N=C(C)c1ccccc1-c1ccccc1)c1ccc2ccc(-c3ccc4c(c3)C(C)(C)C3C=CC=CC43)cc2c1)c1ccccc1-c1ccccc1. The van der Waals surface area contributed by atoms with E-state index in [9.17, 15) is 0 Å². The van der Waals surface area contributed by atoms with Gasteiger partial charge < -0.3 is 0 Å². The fraction of sp³-hybridized carbons (Fsp3) is 0.111. The van der Waals surface area contributed by atoms with Crippen molar-refractivity contribution in [1.29, 1.82) is 0 Å². The number of amidine groups is 1. The van der Waals surface area contributed by atoms with Crippen molar-refractivity contribution in [2.75, 3.05) is 0 Å². The minimum Gasteiger partial charge on any atom is -0.233 e. The van der Waals surface area contributed by atoms with Crippen LogP contribution < -0.4 is 0 Å². The molecule has 0 aromatic heterocycles. The second-order valence-electron chi connectivity index (χ2n) is 15.5. The predicted molar refractivity (Wildman–Crippen MR) is 238 cm³/mol. The van der Waals surface area contributed by atoms with Crippen LogP contribution in [0, 0.1) is 5.92 Å². The van der Waals surface area contributed by atoms with Gasteiger partial charge in [-0.1, -0.05) is 196 Å². The molecule has 2 aliphatic rings. The van der Waals surface area contributed by atoms with E-state index in [1.807, 2.05) is 18.2 Å². The number of nitrogens with zero attached hydrogens (tertiary/aromatic N) is 2. The van der Waals surface area contributed by atoms with E-state index in [4.69, 9.17) is 9.98 Å². The van der Waals surface area contributed by atoms with E-state index >= 15 is 0 Å². The van der Waals surface area contributed by atoms with Gasteiger partial charge in [0.25, 0.3) is 0 Å². The van der Waals surface area contributed by atoms with Crippen LogP contribution in [-0.2, 0) is 5.41 Å². The lowest BCUT2D eigenvalue weighted by atomic mass is 9.74. The first-order valence-electron chi connectivity index (χ1n) is 19.5. The molecule has 0 amide bonds. The van der Waals surface area contributed by atoms with Crippen molar-refractivity contribution < 1.29 is 0 Å². The first-order chi connectivity index (χ1) is 27.3. The molecule has 0 saturated carbocycles. The molecule has 0 fully saturated rings. The summed E-state index contributed by atoms with van der Waals surface area (Å²) in [7, 11) is 0. The van der Waals surface area contributed by atoms with Crippen LogP contribution in [0.2, 0.25) is 0 Å². The van der Waals surface area contributed by atoms with Crippen molar-refractivity contribution >= 4 is 28.0 Å². The molecule has 270 valence electrons. The Morgan fingerprint density at radius 2 is 1.12 bits per heavy atom. The Balaban J connectivity index is 1.15. The molecule has 2 atom stereocenters. The highest BCUT2D eigenvalue weighted by Gasteiger charge is 2.44. The van der Waals surface area contributed by atoms with Gasteiger partial charge in [0.2, 0.25) is 0 Å². The number of aliphatic imine (C=N–C) groups is 2. The first-order valence-corrected chi connectivity index (χ1v) is 19.5. The second kappa shape index (κ2) is 14.5. The Hall–Kier alpha value is -6.64. The van der Waals surface area contributed by atoms with Crippen LogP contribution in [0.4, 0.5) is 0 Å². The van der Waals surface area contributed by atoms with Crippen molar-refractivity contribution in [1.82, 2.24) is 0 Å². The van der Waals surface area contributed by atoms with Crippen molar-refractivity contribution in [3.8, 4) is 33.4 Å². The van der Waals surface area contributed by atoms with E-state index in [1.165, 1.54) is 27.6 Å². The van der Waals surface area contributed by atoms with Crippen LogP contribution in [-0.4, -0.2) is 11.5 Å². The molecule has 2 heteroatoms. The van der Waals surface area contributed by atoms with E-state index in [0.29, 0.717) is 23.4 Å². The zero-order valence-corrected chi connectivity index (χ0v) is 32.2. The average Bonchev–Trinajstić information content (AvgIpc) is 3.48. The Labute approximate surface area is 330 Å². The summed E-state index contributed by atoms with van der Waals surface area (Å²) in [6, 6.07) is 58.2. The molecule has 0 heterocycles. The zero-order chi connectivity index (χ0) is 38.2. The molecule has 0 radical (unpaired) electrons. The topological polar surface area (TPSA) is 24.7 Å². The summed E-state index contributed by atoms with van der Waals surface area (Å²) in [5.74, 6) is 1.54. The largest absolute Gasteiger partial charge is 0.233 e. The number of allylic oxidation sites excluding steroid dienone is 4. The number of hydrogen-bond donors (Lipinski definition) is 0. The predicted octanol–water partition coefficient (Wildman–Crippen LogP) is 13.9. The third-order valence-electron chi connectivity index (χ3n) is 11.7. The maximum Gasteiger partial charge on any atom is 0.160 e. The Bertz CT molecular complexity index is 2740. The van der Waals surface area contributed by atoms with E-state index in [-0.39, 0.29) is 5.41 Å². The summed E-state index contributed by atoms with van der Waals surface area (Å²) in [5, 5.41) is 2.31. The number of hydrogen-bond acceptors (Lipinski definition) is 1. The minimum atomic E-state index is 0.0587. The van der Waals surface area contributed by atoms with Crippen molar-refractivity contribution in [3.63, 3.8) is 0 Å². The Morgan fingerprint density at radius 1 is 0.536 bits per heavy atom. The summed E-state index contributed by atoms with van der Waals surface area (Å²) in [6.07, 6.45) is 9.16. The summed E-state index contributed by atoms with van der Waals surface area (Å²) in [6.45, 7) is 11.4. The van der Waals surface area contributed by atoms with Gasteiger partial charge in [-0.25, -0.2) is 9.98 Å². The van der Waals surface area contributed by atoms with Gasteiger partial charge in [0.1, 0.15) is 0 Å². The summed E-state index contributed by atoms with van der Waals surface area (Å²) < 4.78 is 0. The molecule has 0 spiro atoms. The van der Waals surface area contributed by atoms with E-state index in [2.05, 4.69) is 197 Å². The standard InChI is InChI=1S/C54H44N2/c1-36(45-21-11-13-23-47(45)39-17-7-5-8-18-39)55-53(56-37(2)46-22-12-14-24-48(46)40-19-9-6-10-20-40)43-30-28-38-27-29-41(33-44(38)34-43)42-31-32-50-49-25-15-16-26-51(49)54(3,4)52(50)35-42/h5-35,49,51H,1H2,2-4H3. The lowest BCUT2D eigenvalue weighted by Gasteiger charge is -2.29. The van der Waals surface area contributed by atoms with Gasteiger partial charge in [0, 0.05) is 28.3 Å². The quantitative estimate of drug-likeness (QED) is 0.116. The van der Waals surface area contributed by atoms with Crippen LogP contribution >= 0.6 is 0 Å². The molecule has 2 aliphatic carbocycles. The maximum absolute atomic E-state index is 5.34. The van der Waals surface area contributed by atoms with Crippen LogP contribution in [0.1, 0.15) is 54.5 Å². The van der Waals surface area contributed by atoms with Gasteiger partial charge in [-0.3, -0.25) is 0 Å². The average molecular weight is 721 g/mol. The molecule has 0 saturated heterocycles. The highest BCUT2D eigenvalue weighted by molar-refractivity contribution is 6.15. The fourth-order valence-electron chi connectivity index (χ4n) is 8.76. The van der Waals surface area contributed by atoms with Gasteiger partial charge in [-0.2, -0.15) is 0 Å². The third-order valence-corrected chi connectivity index (χ3v) is 11.7. The van der Waals surface area contributed by atoms with Crippen LogP contribution in [0.15, 0.2) is 205 Å². The maximum atomic E-state index is 5.34. The molecular weight excluding hydrogens is 677 g/mol. The monoisotopic (exact) mass is 720 g/mol. The smallest absolute Gasteiger partial charge is 0.160 e. The summed E-state index contributed by atoms with van der Waals surface area (Å²) >= 11 is 0. The van der Waals surface area contributed by atoms with Gasteiger partial charge in [0.05, 0.1) is 5.70 Å². The van der Waals surface area contributed by atoms with Crippen molar-refractivity contribution in [2.24, 2.45) is 15.9 Å². The van der Waals surface area contributed by atoms with Crippen molar-refractivity contribution in [2.45, 2.75) is 32.1 Å². The minimum absolute atomic E-state index is 0.0587. The van der Waals surface area contributed by atoms with E-state index < -0.39 is 0 Å². The van der Waals surface area contributed by atoms with E-state index in [0.717, 1.165) is 50.0 Å². The molecule has 9 rings (SSSR count). The third kappa shape index (κ3) is 6.48. The summed E-state index contributed by atoms with van der Waals surface area (Å²) in [4.78, 5) is 10.6. The highest BCUT2D eigenvalue weighted by Crippen LogP contribution is 2.53. The summed E-state index contributed by atoms with van der Waals surface area (Å²) in [5.41, 5.74) is 14.4. The van der Waals surface area contributed by atoms with Gasteiger partial charge >= 0.3 is 0 Å². The molecule has 2 nitrogen and oxygen atoms in total. The normalized spacial score (nSPS) is 17.1. The molecule has 0 aliphatic heterocycles. The first kappa shape index (κ1) is 35.1. The molecule has 0 N–H and O–H groups in total. The molecule has 56 heavy (non-hydrogen) atoms. The lowest BCUT2D eigenvalue weighted by Crippen LogP contribution is -2.24. The molecule has 7 aromatic carbocycles. The van der Waals surface area contributed by atoms with E-state index in [1.54, 1.807) is 0 Å². The zero-order valence-electron chi connectivity index (χ0n) is 32.2. The second-order valence-corrected chi connectivity index (χ2v) is 15.5. The molecule has 2 unspecified atom stereocenters.